The van der Waals surface area contributed by atoms with Crippen LogP contribution in [0.2, 0.25) is 0 Å². The Morgan fingerprint density at radius 2 is 2.04 bits per heavy atom. The fourth-order valence-electron chi connectivity index (χ4n) is 3.51. The highest BCUT2D eigenvalue weighted by Crippen LogP contribution is 2.39. The van der Waals surface area contributed by atoms with E-state index in [1.54, 1.807) is 23.9 Å². The van der Waals surface area contributed by atoms with Gasteiger partial charge in [-0.3, -0.25) is 10.1 Å². The Morgan fingerprint density at radius 1 is 1.27 bits per heavy atom. The van der Waals surface area contributed by atoms with Gasteiger partial charge in [-0.15, -0.1) is 0 Å². The number of hydrogen-bond donors (Lipinski definition) is 1. The van der Waals surface area contributed by atoms with Crippen LogP contribution in [0.25, 0.3) is 0 Å². The molecule has 136 valence electrons. The molecule has 0 spiro atoms. The number of nitro groups is 1. The molecule has 2 aliphatic rings. The number of halogens is 1. The lowest BCUT2D eigenvalue weighted by Crippen LogP contribution is -3.00. The second-order valence-corrected chi connectivity index (χ2v) is 7.34. The first-order valence-corrected chi connectivity index (χ1v) is 9.07. The Morgan fingerprint density at radius 3 is 2.77 bits per heavy atom. The molecule has 0 aliphatic carbocycles. The van der Waals surface area contributed by atoms with E-state index >= 15 is 0 Å². The van der Waals surface area contributed by atoms with Crippen molar-refractivity contribution >= 4 is 28.3 Å². The Hall–Kier alpha value is -1.90. The third kappa shape index (κ3) is 2.91. The van der Waals surface area contributed by atoms with Gasteiger partial charge in [0.05, 0.1) is 11.5 Å². The van der Waals surface area contributed by atoms with Crippen molar-refractivity contribution in [1.82, 2.24) is 0 Å². The molecule has 4 rings (SSSR count). The number of nitro benzene ring substituents is 1. The first kappa shape index (κ1) is 18.9. The highest BCUT2D eigenvalue weighted by atomic mass is 79.9. The fraction of sp³-hybridized carbons (Fsp3) is 0.278. The van der Waals surface area contributed by atoms with Gasteiger partial charge in [0.15, 0.2) is 6.54 Å². The van der Waals surface area contributed by atoms with Gasteiger partial charge in [-0.2, -0.15) is 0 Å². The molecule has 2 aromatic carbocycles. The molecule has 2 aromatic rings. The molecule has 2 aliphatic heterocycles. The van der Waals surface area contributed by atoms with E-state index in [0.717, 1.165) is 22.2 Å². The van der Waals surface area contributed by atoms with Crippen LogP contribution in [0, 0.1) is 17.0 Å². The van der Waals surface area contributed by atoms with Gasteiger partial charge >= 0.3 is 5.17 Å². The van der Waals surface area contributed by atoms with Crippen LogP contribution in [0.3, 0.4) is 0 Å². The number of para-hydroxylation sites is 1. The summed E-state index contributed by atoms with van der Waals surface area (Å²) in [5, 5.41) is 23.6. The Labute approximate surface area is 166 Å². The maximum Gasteiger partial charge on any atom is 0.316 e. The summed E-state index contributed by atoms with van der Waals surface area (Å²) in [6, 6.07) is 14.4. The van der Waals surface area contributed by atoms with Crippen LogP contribution < -0.4 is 21.9 Å². The van der Waals surface area contributed by atoms with Gasteiger partial charge in [0.2, 0.25) is 0 Å². The third-order valence-corrected chi connectivity index (χ3v) is 5.84. The molecule has 1 N–H and O–H groups in total. The number of aryl methyl sites for hydroxylation is 1. The number of non-ortho nitro benzene ring substituents is 1. The molecule has 8 heteroatoms. The molecular weight excluding hydrogens is 418 g/mol. The first-order chi connectivity index (χ1) is 12.0. The average Bonchev–Trinajstić information content (AvgIpc) is 3.19. The molecule has 0 amide bonds. The SMILES string of the molecule is Cc1ccccc1N1CC(O)(c2cccc([N+](=O)[O-])c2)[N+]2=C1SCC2.[Br-]. The van der Waals surface area contributed by atoms with Crippen molar-refractivity contribution in [3.63, 3.8) is 0 Å². The van der Waals surface area contributed by atoms with Crippen molar-refractivity contribution in [1.29, 1.82) is 0 Å². The second kappa shape index (κ2) is 7.02. The number of amidine groups is 1. The minimum atomic E-state index is -1.27. The van der Waals surface area contributed by atoms with Crippen molar-refractivity contribution in [3.8, 4) is 0 Å². The van der Waals surface area contributed by atoms with E-state index in [2.05, 4.69) is 4.90 Å². The molecule has 0 bridgehead atoms. The van der Waals surface area contributed by atoms with E-state index in [0.29, 0.717) is 18.7 Å². The molecule has 1 atom stereocenters. The topological polar surface area (TPSA) is 69.6 Å². The van der Waals surface area contributed by atoms with E-state index in [1.807, 2.05) is 35.8 Å². The summed E-state index contributed by atoms with van der Waals surface area (Å²) < 4.78 is 1.96. The number of nitrogens with zero attached hydrogens (tertiary/aromatic N) is 3. The van der Waals surface area contributed by atoms with Crippen molar-refractivity contribution in [2.24, 2.45) is 0 Å². The van der Waals surface area contributed by atoms with E-state index in [4.69, 9.17) is 0 Å². The first-order valence-electron chi connectivity index (χ1n) is 8.08. The lowest BCUT2D eigenvalue weighted by molar-refractivity contribution is -0.650. The number of benzene rings is 2. The largest absolute Gasteiger partial charge is 1.00 e. The minimum absolute atomic E-state index is 0. The zero-order valence-electron chi connectivity index (χ0n) is 14.1. The van der Waals surface area contributed by atoms with Gasteiger partial charge in [-0.05, 0) is 30.3 Å². The smallest absolute Gasteiger partial charge is 0.316 e. The van der Waals surface area contributed by atoms with Gasteiger partial charge in [0.25, 0.3) is 11.4 Å². The lowest BCUT2D eigenvalue weighted by Gasteiger charge is -2.23. The summed E-state index contributed by atoms with van der Waals surface area (Å²) in [7, 11) is 0. The maximum atomic E-state index is 11.5. The lowest BCUT2D eigenvalue weighted by atomic mass is 10.0. The zero-order chi connectivity index (χ0) is 17.6. The van der Waals surface area contributed by atoms with Crippen molar-refractivity contribution in [3.05, 3.63) is 69.8 Å². The molecule has 6 nitrogen and oxygen atoms in total. The van der Waals surface area contributed by atoms with E-state index in [9.17, 15) is 15.2 Å². The summed E-state index contributed by atoms with van der Waals surface area (Å²) in [4.78, 5) is 12.8. The highest BCUT2D eigenvalue weighted by molar-refractivity contribution is 8.14. The summed E-state index contributed by atoms with van der Waals surface area (Å²) in [5.41, 5.74) is 1.46. The molecule has 1 unspecified atom stereocenters. The number of aliphatic hydroxyl groups is 1. The molecule has 26 heavy (non-hydrogen) atoms. The van der Waals surface area contributed by atoms with Gasteiger partial charge < -0.3 is 22.1 Å². The second-order valence-electron chi connectivity index (χ2n) is 6.28. The standard InChI is InChI=1S/C18H18N3O3S.BrH/c1-13-5-2-3-8-16(13)19-12-18(22,20-9-10-25-17(19)20)14-6-4-7-15(11-14)21(23)24;/h2-8,11,22H,9-10,12H2,1H3;1H/q+1;/p-1. The molecular formula is C18H18BrN3O3S. The quantitative estimate of drug-likeness (QED) is 0.406. The average molecular weight is 436 g/mol. The van der Waals surface area contributed by atoms with Crippen LogP contribution in [0.1, 0.15) is 11.1 Å². The number of anilines is 1. The third-order valence-electron chi connectivity index (χ3n) is 4.76. The molecule has 0 saturated heterocycles. The van der Waals surface area contributed by atoms with E-state index in [1.165, 1.54) is 12.1 Å². The summed E-state index contributed by atoms with van der Waals surface area (Å²) in [6.07, 6.45) is 0. The Kier molecular flexibility index (Phi) is 5.09. The van der Waals surface area contributed by atoms with E-state index < -0.39 is 10.6 Å². The van der Waals surface area contributed by atoms with Crippen molar-refractivity contribution < 1.29 is 31.6 Å². The zero-order valence-corrected chi connectivity index (χ0v) is 16.5. The number of β-amino-alcohol motifs (C(OH)–C–C–N with tert-alkyl or cyclic N) is 1. The normalized spacial score (nSPS) is 21.5. The van der Waals surface area contributed by atoms with E-state index in [-0.39, 0.29) is 22.7 Å². The van der Waals surface area contributed by atoms with Crippen LogP contribution >= 0.6 is 11.8 Å². The predicted octanol–water partition coefficient (Wildman–Crippen LogP) is -0.312. The van der Waals surface area contributed by atoms with Gasteiger partial charge in [0.1, 0.15) is 5.69 Å². The number of hydrogen-bond acceptors (Lipinski definition) is 5. The molecule has 0 saturated carbocycles. The van der Waals surface area contributed by atoms with Gasteiger partial charge in [0, 0.05) is 23.4 Å². The molecule has 0 aromatic heterocycles. The predicted molar refractivity (Wildman–Crippen MR) is 98.1 cm³/mol. The Balaban J connectivity index is 0.00000196. The summed E-state index contributed by atoms with van der Waals surface area (Å²) in [6.45, 7) is 3.10. The minimum Gasteiger partial charge on any atom is -1.00 e. The number of thioether (sulfide) groups is 1. The maximum absolute atomic E-state index is 11.5. The van der Waals surface area contributed by atoms with Gasteiger partial charge in [-0.25, -0.2) is 9.48 Å². The molecule has 0 fully saturated rings. The molecule has 2 heterocycles. The fourth-order valence-corrected chi connectivity index (χ4v) is 4.69. The summed E-state index contributed by atoms with van der Waals surface area (Å²) in [5.74, 6) is 0.884. The van der Waals surface area contributed by atoms with Crippen LogP contribution in [0.5, 0.6) is 0 Å². The van der Waals surface area contributed by atoms with Crippen molar-refractivity contribution in [2.75, 3.05) is 23.7 Å². The summed E-state index contributed by atoms with van der Waals surface area (Å²) >= 11 is 1.71. The Bertz CT molecular complexity index is 905. The number of rotatable bonds is 3. The monoisotopic (exact) mass is 435 g/mol. The van der Waals surface area contributed by atoms with Crippen LogP contribution in [0.15, 0.2) is 48.5 Å². The van der Waals surface area contributed by atoms with Crippen LogP contribution in [-0.4, -0.2) is 38.6 Å². The highest BCUT2D eigenvalue weighted by Gasteiger charge is 2.54. The van der Waals surface area contributed by atoms with Crippen LogP contribution in [0.4, 0.5) is 11.4 Å². The molecule has 0 radical (unpaired) electrons. The van der Waals surface area contributed by atoms with Gasteiger partial charge in [-0.1, -0.05) is 30.3 Å². The van der Waals surface area contributed by atoms with Crippen molar-refractivity contribution in [2.45, 2.75) is 12.6 Å². The van der Waals surface area contributed by atoms with Crippen LogP contribution in [-0.2, 0) is 5.72 Å².